The van der Waals surface area contributed by atoms with Gasteiger partial charge in [-0.25, -0.2) is 8.42 Å². The maximum atomic E-state index is 11.7. The number of sulfone groups is 1. The van der Waals surface area contributed by atoms with Crippen LogP contribution >= 0.6 is 11.8 Å². The van der Waals surface area contributed by atoms with E-state index in [-0.39, 0.29) is 23.3 Å². The summed E-state index contributed by atoms with van der Waals surface area (Å²) in [5.74, 6) is -1.03. The molecule has 0 unspecified atom stereocenters. The highest BCUT2D eigenvalue weighted by Gasteiger charge is 2.32. The molecule has 0 saturated carbocycles. The van der Waals surface area contributed by atoms with Crippen molar-refractivity contribution in [2.24, 2.45) is 0 Å². The molecule has 0 aliphatic heterocycles. The molecule has 0 atom stereocenters. The van der Waals surface area contributed by atoms with Crippen LogP contribution in [0.3, 0.4) is 0 Å². The molecule has 1 aromatic heterocycles. The molecule has 0 fully saturated rings. The maximum Gasteiger partial charge on any atom is 0.313 e. The van der Waals surface area contributed by atoms with E-state index < -0.39 is 27.2 Å². The molecule has 0 aliphatic carbocycles. The molecular formula is C10H17N3O5S2. The molecule has 0 saturated heterocycles. The van der Waals surface area contributed by atoms with Gasteiger partial charge < -0.3 is 14.8 Å². The Morgan fingerprint density at radius 1 is 1.40 bits per heavy atom. The van der Waals surface area contributed by atoms with Crippen LogP contribution in [0, 0.1) is 0 Å². The lowest BCUT2D eigenvalue weighted by Gasteiger charge is -2.24. The minimum Gasteiger partial charge on any atom is -0.481 e. The number of aliphatic hydroxyl groups excluding tert-OH is 1. The number of nitrogens with zero attached hydrogens (tertiary/aromatic N) is 3. The van der Waals surface area contributed by atoms with Gasteiger partial charge in [0.25, 0.3) is 0 Å². The predicted octanol–water partition coefficient (Wildman–Crippen LogP) is -0.230. The molecule has 0 aliphatic rings. The van der Waals surface area contributed by atoms with Crippen molar-refractivity contribution in [3.8, 4) is 0 Å². The van der Waals surface area contributed by atoms with Crippen molar-refractivity contribution < 1.29 is 23.4 Å². The summed E-state index contributed by atoms with van der Waals surface area (Å²) in [5, 5.41) is 25.7. The highest BCUT2D eigenvalue weighted by molar-refractivity contribution is 7.99. The Morgan fingerprint density at radius 2 is 2.00 bits per heavy atom. The quantitative estimate of drug-likeness (QED) is 0.660. The SMILES string of the molecule is CC(C)(Cn1c(CO)nnc1SCC(=O)O)S(C)(=O)=O. The Bertz CT molecular complexity index is 594. The second-order valence-electron chi connectivity index (χ2n) is 4.86. The van der Waals surface area contributed by atoms with E-state index in [1.54, 1.807) is 13.8 Å². The van der Waals surface area contributed by atoms with Crippen LogP contribution in [0.4, 0.5) is 0 Å². The van der Waals surface area contributed by atoms with E-state index in [0.717, 1.165) is 18.0 Å². The van der Waals surface area contributed by atoms with E-state index in [1.165, 1.54) is 4.57 Å². The summed E-state index contributed by atoms with van der Waals surface area (Å²) in [6, 6.07) is 0. The first-order chi connectivity index (χ1) is 9.08. The van der Waals surface area contributed by atoms with Gasteiger partial charge in [0.15, 0.2) is 20.8 Å². The fourth-order valence-electron chi connectivity index (χ4n) is 1.33. The van der Waals surface area contributed by atoms with Gasteiger partial charge in [-0.3, -0.25) is 4.79 Å². The molecule has 10 heteroatoms. The summed E-state index contributed by atoms with van der Waals surface area (Å²) in [6.07, 6.45) is 1.13. The Labute approximate surface area is 121 Å². The molecule has 2 N–H and O–H groups in total. The first kappa shape index (κ1) is 16.9. The van der Waals surface area contributed by atoms with Crippen LogP contribution in [0.5, 0.6) is 0 Å². The second-order valence-corrected chi connectivity index (χ2v) is 8.45. The number of thioether (sulfide) groups is 1. The van der Waals surface area contributed by atoms with Gasteiger partial charge in [-0.15, -0.1) is 10.2 Å². The molecular weight excluding hydrogens is 306 g/mol. The van der Waals surface area contributed by atoms with Crippen molar-refractivity contribution in [1.29, 1.82) is 0 Å². The Hall–Kier alpha value is -1.13. The zero-order valence-electron chi connectivity index (χ0n) is 11.4. The van der Waals surface area contributed by atoms with Gasteiger partial charge in [-0.1, -0.05) is 11.8 Å². The lowest BCUT2D eigenvalue weighted by Crippen LogP contribution is -2.36. The van der Waals surface area contributed by atoms with E-state index in [4.69, 9.17) is 5.11 Å². The van der Waals surface area contributed by atoms with Gasteiger partial charge >= 0.3 is 5.97 Å². The lowest BCUT2D eigenvalue weighted by atomic mass is 10.2. The standard InChI is InChI=1S/C10H17N3O5S2/c1-10(2,20(3,17)18)6-13-7(4-14)11-12-9(13)19-5-8(15)16/h14H,4-6H2,1-3H3,(H,15,16). The zero-order valence-corrected chi connectivity index (χ0v) is 13.0. The molecule has 0 aromatic carbocycles. The van der Waals surface area contributed by atoms with E-state index >= 15 is 0 Å². The zero-order chi connectivity index (χ0) is 15.6. The molecule has 8 nitrogen and oxygen atoms in total. The van der Waals surface area contributed by atoms with Crippen molar-refractivity contribution in [3.63, 3.8) is 0 Å². The molecule has 0 spiro atoms. The number of carboxylic acid groups (broad SMARTS) is 1. The van der Waals surface area contributed by atoms with Crippen LogP contribution in [0.15, 0.2) is 5.16 Å². The number of aliphatic hydroxyl groups is 1. The van der Waals surface area contributed by atoms with Crippen molar-refractivity contribution in [1.82, 2.24) is 14.8 Å². The fraction of sp³-hybridized carbons (Fsp3) is 0.700. The normalized spacial score (nSPS) is 12.6. The molecule has 1 heterocycles. The smallest absolute Gasteiger partial charge is 0.313 e. The van der Waals surface area contributed by atoms with Gasteiger partial charge in [-0.2, -0.15) is 0 Å². The van der Waals surface area contributed by atoms with Gasteiger partial charge in [0, 0.05) is 12.8 Å². The van der Waals surface area contributed by atoms with Crippen LogP contribution in [0.1, 0.15) is 19.7 Å². The van der Waals surface area contributed by atoms with Crippen LogP contribution in [-0.4, -0.2) is 56.1 Å². The summed E-state index contributed by atoms with van der Waals surface area (Å²) >= 11 is 0.927. The monoisotopic (exact) mass is 323 g/mol. The first-order valence-electron chi connectivity index (χ1n) is 5.65. The molecule has 1 rings (SSSR count). The number of hydrogen-bond donors (Lipinski definition) is 2. The van der Waals surface area contributed by atoms with Gasteiger partial charge in [0.2, 0.25) is 0 Å². The number of rotatable bonds is 7. The van der Waals surface area contributed by atoms with Gasteiger partial charge in [-0.05, 0) is 13.8 Å². The van der Waals surface area contributed by atoms with Gasteiger partial charge in [0.1, 0.15) is 6.61 Å². The van der Waals surface area contributed by atoms with Crippen molar-refractivity contribution in [2.45, 2.75) is 36.9 Å². The van der Waals surface area contributed by atoms with Crippen molar-refractivity contribution in [3.05, 3.63) is 5.82 Å². The minimum absolute atomic E-state index is 0.0384. The predicted molar refractivity (Wildman–Crippen MR) is 73.2 cm³/mol. The highest BCUT2D eigenvalue weighted by Crippen LogP contribution is 2.23. The van der Waals surface area contributed by atoms with Crippen molar-refractivity contribution in [2.75, 3.05) is 12.0 Å². The Balaban J connectivity index is 3.09. The number of hydrogen-bond acceptors (Lipinski definition) is 7. The largest absolute Gasteiger partial charge is 0.481 e. The molecule has 20 heavy (non-hydrogen) atoms. The van der Waals surface area contributed by atoms with E-state index in [0.29, 0.717) is 0 Å². The minimum atomic E-state index is -3.34. The van der Waals surface area contributed by atoms with E-state index in [2.05, 4.69) is 10.2 Å². The van der Waals surface area contributed by atoms with Crippen LogP contribution in [0.2, 0.25) is 0 Å². The average Bonchev–Trinajstić information content (AvgIpc) is 2.66. The van der Waals surface area contributed by atoms with Crippen LogP contribution in [0.25, 0.3) is 0 Å². The van der Waals surface area contributed by atoms with E-state index in [1.807, 2.05) is 0 Å². The van der Waals surface area contributed by atoms with Crippen molar-refractivity contribution >= 4 is 27.6 Å². The maximum absolute atomic E-state index is 11.7. The number of carbonyl (C=O) groups is 1. The Morgan fingerprint density at radius 3 is 2.45 bits per heavy atom. The number of carboxylic acids is 1. The summed E-state index contributed by atoms with van der Waals surface area (Å²) in [4.78, 5) is 10.6. The Kier molecular flexibility index (Phi) is 5.16. The summed E-state index contributed by atoms with van der Waals surface area (Å²) < 4.78 is 23.8. The van der Waals surface area contributed by atoms with E-state index in [9.17, 15) is 18.3 Å². The topological polar surface area (TPSA) is 122 Å². The summed E-state index contributed by atoms with van der Waals surface area (Å²) in [5.41, 5.74) is 0. The number of aromatic nitrogens is 3. The lowest BCUT2D eigenvalue weighted by molar-refractivity contribution is -0.133. The molecule has 1 aromatic rings. The third-order valence-corrected chi connectivity index (χ3v) is 5.89. The highest BCUT2D eigenvalue weighted by atomic mass is 32.2. The third-order valence-electron chi connectivity index (χ3n) is 2.80. The second kappa shape index (κ2) is 6.10. The van der Waals surface area contributed by atoms with Crippen LogP contribution < -0.4 is 0 Å². The molecule has 114 valence electrons. The molecule has 0 bridgehead atoms. The average molecular weight is 323 g/mol. The van der Waals surface area contributed by atoms with Crippen LogP contribution in [-0.2, 0) is 27.8 Å². The van der Waals surface area contributed by atoms with Gasteiger partial charge in [0.05, 0.1) is 10.5 Å². The summed E-state index contributed by atoms with van der Waals surface area (Å²) in [7, 11) is -3.34. The molecule has 0 amide bonds. The first-order valence-corrected chi connectivity index (χ1v) is 8.53. The summed E-state index contributed by atoms with van der Waals surface area (Å²) in [6.45, 7) is 2.74. The molecule has 0 radical (unpaired) electrons. The fourth-order valence-corrected chi connectivity index (χ4v) is 2.37. The third kappa shape index (κ3) is 3.93. The number of aliphatic carboxylic acids is 1.